The molecule has 0 radical (unpaired) electrons. The van der Waals surface area contributed by atoms with Crippen molar-refractivity contribution in [1.29, 1.82) is 0 Å². The van der Waals surface area contributed by atoms with E-state index in [1.54, 1.807) is 41.5 Å². The summed E-state index contributed by atoms with van der Waals surface area (Å²) in [5.41, 5.74) is -1.56. The Morgan fingerprint density at radius 2 is 1.42 bits per heavy atom. The Morgan fingerprint density at radius 1 is 0.709 bits per heavy atom. The number of rotatable bonds is 23. The molecule has 0 spiro atoms. The predicted molar refractivity (Wildman–Crippen MR) is 295 cm³/mol. The molecule has 9 rings (SSSR count). The van der Waals surface area contributed by atoms with Crippen LogP contribution < -0.4 is 0 Å². The zero-order chi connectivity index (χ0) is 62.4. The zero-order valence-corrected chi connectivity index (χ0v) is 50.2. The Hall–Kier alpha value is -1.23. The Morgan fingerprint density at radius 3 is 2.13 bits per heavy atom. The predicted octanol–water partition coefficient (Wildman–Crippen LogP) is -1.74. The van der Waals surface area contributed by atoms with E-state index in [2.05, 4.69) is 15.7 Å². The second-order valence-electron chi connectivity index (χ2n) is 26.2. The second-order valence-corrected chi connectivity index (χ2v) is 26.6. The van der Waals surface area contributed by atoms with Crippen LogP contribution in [0, 0.1) is 17.8 Å². The molecule has 0 aliphatic carbocycles. The fourth-order valence-electron chi connectivity index (χ4n) is 15.1. The van der Waals surface area contributed by atoms with Gasteiger partial charge < -0.3 is 114 Å². The molecular formula is C56H93BO28S. The molecule has 0 amide bonds. The number of aliphatic hydroxyl groups is 12. The van der Waals surface area contributed by atoms with Gasteiger partial charge in [-0.05, 0) is 75.9 Å². The summed E-state index contributed by atoms with van der Waals surface area (Å²) >= 11 is 0.185. The Labute approximate surface area is 504 Å². The van der Waals surface area contributed by atoms with Gasteiger partial charge in [-0.1, -0.05) is 33.4 Å². The number of aliphatic hydroxyl groups excluding tert-OH is 12. The van der Waals surface area contributed by atoms with Gasteiger partial charge in [-0.15, -0.1) is 4.33 Å². The van der Waals surface area contributed by atoms with Gasteiger partial charge in [-0.2, -0.15) is 0 Å². The first kappa shape index (κ1) is 69.1. The van der Waals surface area contributed by atoms with Gasteiger partial charge in [0.05, 0.1) is 115 Å². The minimum Gasteiger partial charge on any atom is -0.400 e. The second kappa shape index (κ2) is 29.0. The van der Waals surface area contributed by atoms with Gasteiger partial charge in [0, 0.05) is 51.0 Å². The number of hydrogen-bond acceptors (Lipinski definition) is 29. The lowest BCUT2D eigenvalue weighted by Crippen LogP contribution is -2.73. The van der Waals surface area contributed by atoms with Crippen LogP contribution in [0.15, 0.2) is 23.8 Å². The molecule has 19 unspecified atom stereocenters. The standard InChI is InChI=1S/C56H93BO28S/c1-22(12-13-58)25(4)27(59)15-24(3)41(64)32(82-57(70)84-71)11-10-23(2)40(63)26(5)47-43(66)44(67)53-49(78-47)30(62)20-55(6)39(77-53)19-34-38(81-55)21-56(7)54(76-34)46(69)51-37(80-56)17-29(61)48(79-51)42(65)28(60)16-35-52(83-86-85-72)45(68)50-36(74-35)18-33-31(75-50)9-8-14-73-33/h12,23-24,26-54,58-72H,4,8-11,13-21H2,1-3,5-7H3/b22-12+/t23?,24-,26?,27?,28?,29?,30?,31?,32+,33+,34+,35+,36-,37?,38?,39-,40-,41?,42?,43?,44?,45-,46+,47?,48+,49?,50?,51-,52+,53?,54-,55?,56?/m1/s1. The number of hydrogen-bond donors (Lipinski definition) is 15. The number of ether oxygens (including phenoxy) is 9. The van der Waals surface area contributed by atoms with Gasteiger partial charge in [0.2, 0.25) is 0 Å². The van der Waals surface area contributed by atoms with Crippen molar-refractivity contribution in [2.75, 3.05) is 13.2 Å². The van der Waals surface area contributed by atoms with Crippen molar-refractivity contribution >= 4 is 19.6 Å². The van der Waals surface area contributed by atoms with Gasteiger partial charge in [0.1, 0.15) is 73.2 Å². The molecule has 28 nitrogen and oxygen atoms in total. The van der Waals surface area contributed by atoms with Crippen LogP contribution in [-0.4, -0.2) is 279 Å². The molecule has 0 bridgehead atoms. The highest BCUT2D eigenvalue weighted by Crippen LogP contribution is 2.51. The summed E-state index contributed by atoms with van der Waals surface area (Å²) in [6.07, 6.45) is -28.7. The van der Waals surface area contributed by atoms with Crippen molar-refractivity contribution in [3.8, 4) is 0 Å². The van der Waals surface area contributed by atoms with E-state index in [4.69, 9.17) is 62.0 Å². The summed E-state index contributed by atoms with van der Waals surface area (Å²) in [5, 5.41) is 165. The molecule has 9 saturated heterocycles. The largest absolute Gasteiger partial charge is 0.665 e. The molecule has 15 N–H and O–H groups in total. The van der Waals surface area contributed by atoms with E-state index in [1.165, 1.54) is 6.08 Å². The molecular weight excluding hydrogens is 1160 g/mol. The Kier molecular flexibility index (Phi) is 23.3. The Bertz CT molecular complexity index is 2230. The minimum absolute atomic E-state index is 0.00232. The smallest absolute Gasteiger partial charge is 0.400 e. The van der Waals surface area contributed by atoms with Crippen molar-refractivity contribution < 1.29 is 137 Å². The summed E-state index contributed by atoms with van der Waals surface area (Å²) in [6, 6.07) is 0. The van der Waals surface area contributed by atoms with Crippen LogP contribution in [-0.2, 0) is 60.6 Å². The molecule has 9 fully saturated rings. The fraction of sp³-hybridized carbons (Fsp3) is 0.929. The molecule has 0 aromatic carbocycles. The van der Waals surface area contributed by atoms with Gasteiger partial charge >= 0.3 is 7.32 Å². The van der Waals surface area contributed by atoms with Crippen molar-refractivity contribution in [1.82, 2.24) is 0 Å². The molecule has 9 heterocycles. The molecule has 494 valence electrons. The maximum Gasteiger partial charge on any atom is 0.665 e. The van der Waals surface area contributed by atoms with Crippen LogP contribution in [0.4, 0.5) is 0 Å². The Balaban J connectivity index is 0.812. The highest BCUT2D eigenvalue weighted by molar-refractivity contribution is 7.89. The van der Waals surface area contributed by atoms with Crippen molar-refractivity contribution in [2.24, 2.45) is 17.8 Å². The van der Waals surface area contributed by atoms with Crippen LogP contribution in [0.3, 0.4) is 0 Å². The zero-order valence-electron chi connectivity index (χ0n) is 49.4. The van der Waals surface area contributed by atoms with Crippen LogP contribution in [0.2, 0.25) is 0 Å². The van der Waals surface area contributed by atoms with E-state index >= 15 is 0 Å². The summed E-state index contributed by atoms with van der Waals surface area (Å²) in [6.45, 7) is 14.3. The molecule has 30 heteroatoms. The lowest BCUT2D eigenvalue weighted by molar-refractivity contribution is -0.371. The molecule has 9 aliphatic heterocycles. The van der Waals surface area contributed by atoms with E-state index in [9.17, 15) is 66.3 Å². The van der Waals surface area contributed by atoms with Gasteiger partial charge in [0.15, 0.2) is 12.3 Å². The van der Waals surface area contributed by atoms with E-state index in [-0.39, 0.29) is 82.5 Å². The van der Waals surface area contributed by atoms with Gasteiger partial charge in [-0.3, -0.25) is 9.44 Å². The highest BCUT2D eigenvalue weighted by Gasteiger charge is 2.65. The van der Waals surface area contributed by atoms with Crippen LogP contribution in [0.1, 0.15) is 112 Å². The molecule has 0 aromatic heterocycles. The van der Waals surface area contributed by atoms with Crippen molar-refractivity contribution in [3.63, 3.8) is 0 Å². The third-order valence-electron chi connectivity index (χ3n) is 20.2. The summed E-state index contributed by atoms with van der Waals surface area (Å²) in [7, 11) is -2.14. The number of fused-ring (bicyclic) bond motifs is 7. The topological polar surface area (TPSA) is 423 Å². The van der Waals surface area contributed by atoms with Crippen LogP contribution in [0.25, 0.3) is 0 Å². The molecule has 0 saturated carbocycles. The van der Waals surface area contributed by atoms with Gasteiger partial charge in [-0.25, -0.2) is 10.1 Å². The average molecular weight is 1260 g/mol. The summed E-state index contributed by atoms with van der Waals surface area (Å²) in [4.78, 5) is 3.92. The minimum atomic E-state index is -2.14. The van der Waals surface area contributed by atoms with E-state index < -0.39 is 195 Å². The molecule has 0 aromatic rings. The lowest BCUT2D eigenvalue weighted by Gasteiger charge is -2.60. The quantitative estimate of drug-likeness (QED) is 0.0177. The third kappa shape index (κ3) is 14.4. The van der Waals surface area contributed by atoms with E-state index in [0.717, 1.165) is 12.8 Å². The highest BCUT2D eigenvalue weighted by atomic mass is 32.2. The van der Waals surface area contributed by atoms with Crippen molar-refractivity contribution in [3.05, 3.63) is 23.8 Å². The monoisotopic (exact) mass is 1260 g/mol. The summed E-state index contributed by atoms with van der Waals surface area (Å²) in [5.74, 6) is -2.15. The first-order chi connectivity index (χ1) is 40.7. The first-order valence-electron chi connectivity index (χ1n) is 30.4. The average Bonchev–Trinajstić information content (AvgIpc) is 1.11. The normalized spacial score (nSPS) is 45.7. The van der Waals surface area contributed by atoms with Gasteiger partial charge in [0.25, 0.3) is 0 Å². The van der Waals surface area contributed by atoms with Crippen LogP contribution >= 0.6 is 12.3 Å². The lowest BCUT2D eigenvalue weighted by atomic mass is 9.74. The van der Waals surface area contributed by atoms with E-state index in [1.807, 2.05) is 0 Å². The SMILES string of the molecule is C=C(/C(C)=C/CO)C(O)C[C@@H](C)C(O)[C@H](CCC(C)[C@@H](O)C(C)C1OC2C(O)CC3(C)OC4CC5(C)OC6CC(O)[C@@H](C(O)C(O)C[C@@H]7O[C@@H]8C[C@@H]9OCCCC9OC8[C@@H](O)[C@H]7OSOO)O[C@H]6[C@H](O)[C@H]5O[C@H]4C[C@H]3OC2C(O)C1O)OB(O)OO. The van der Waals surface area contributed by atoms with Crippen molar-refractivity contribution in [2.45, 2.75) is 294 Å². The summed E-state index contributed by atoms with van der Waals surface area (Å²) < 4.78 is 73.0. The molecule has 86 heavy (non-hydrogen) atoms. The fourth-order valence-corrected chi connectivity index (χ4v) is 15.5. The maximum atomic E-state index is 12.2. The van der Waals surface area contributed by atoms with Crippen LogP contribution in [0.5, 0.6) is 0 Å². The molecule has 9 aliphatic rings. The van der Waals surface area contributed by atoms with E-state index in [0.29, 0.717) is 24.2 Å². The molecule has 33 atom stereocenters. The maximum absolute atomic E-state index is 12.2. The third-order valence-corrected chi connectivity index (χ3v) is 20.5. The first-order valence-corrected chi connectivity index (χ1v) is 31.0.